The Balaban J connectivity index is 1.89. The number of rotatable bonds is 9. The van der Waals surface area contributed by atoms with Crippen LogP contribution in [0.25, 0.3) is 5.76 Å². The molecule has 1 amide bonds. The molecule has 3 aliphatic carbocycles. The minimum absolute atomic E-state index is 0.0140. The Morgan fingerprint density at radius 3 is 2.37 bits per heavy atom. The summed E-state index contributed by atoms with van der Waals surface area (Å²) in [6.07, 6.45) is 0.532. The predicted molar refractivity (Wildman–Crippen MR) is 150 cm³/mol. The summed E-state index contributed by atoms with van der Waals surface area (Å²) < 4.78 is 0. The summed E-state index contributed by atoms with van der Waals surface area (Å²) in [6.45, 7) is 2.71. The van der Waals surface area contributed by atoms with Crippen LogP contribution in [0.3, 0.4) is 0 Å². The molecule has 1 saturated carbocycles. The second kappa shape index (κ2) is 10.9. The largest absolute Gasteiger partial charge is 0.508 e. The number of nitrogens with one attached hydrogen (secondary N) is 1. The van der Waals surface area contributed by atoms with Crippen molar-refractivity contribution in [3.63, 3.8) is 0 Å². The summed E-state index contributed by atoms with van der Waals surface area (Å²) in [4.78, 5) is 55.0. The Morgan fingerprint density at radius 2 is 1.80 bits per heavy atom. The van der Waals surface area contributed by atoms with Gasteiger partial charge in [0.2, 0.25) is 5.78 Å². The fraction of sp³-hybridized carbons (Fsp3) is 0.517. The van der Waals surface area contributed by atoms with E-state index in [1.54, 1.807) is 34.3 Å². The van der Waals surface area contributed by atoms with E-state index < -0.39 is 58.0 Å². The van der Waals surface area contributed by atoms with Gasteiger partial charge in [0.15, 0.2) is 11.4 Å². The molecule has 1 aromatic carbocycles. The fourth-order valence-electron chi connectivity index (χ4n) is 6.56. The Bertz CT molecular complexity index is 1400. The van der Waals surface area contributed by atoms with Gasteiger partial charge in [-0.2, -0.15) is 0 Å². The molecule has 0 bridgehead atoms. The highest BCUT2D eigenvalue weighted by Gasteiger charge is 2.64. The van der Waals surface area contributed by atoms with Crippen LogP contribution in [0.5, 0.6) is 5.75 Å². The number of phenols is 1. The van der Waals surface area contributed by atoms with Crippen molar-refractivity contribution < 1.29 is 39.6 Å². The van der Waals surface area contributed by atoms with Gasteiger partial charge in [-0.3, -0.25) is 24.1 Å². The average molecular weight is 571 g/mol. The molecule has 0 radical (unpaired) electrons. The number of phenolic OH excluding ortho intramolecular Hbond substituents is 1. The first-order chi connectivity index (χ1) is 19.2. The lowest BCUT2D eigenvalue weighted by atomic mass is 9.57. The molecule has 1 aromatic rings. The first-order valence-electron chi connectivity index (χ1n) is 13.6. The van der Waals surface area contributed by atoms with Crippen molar-refractivity contribution in [2.24, 2.45) is 17.6 Å². The summed E-state index contributed by atoms with van der Waals surface area (Å²) in [7, 11) is 6.70. The standard InChI is InChI=1S/C29H38N4O8/c1-6-31-12-15(34)8-7-13-11-18(32(2)3)16-9-14-10-17-22(33(4)5)25(37)21(28(30)40)27(39)29(17,41)26(38)19(14)24(36)20(16)23(13)35/h11,14,17,22,31,35-36,39,41H,6-10,12H2,1-5H3,(H2,30,40)/t14-,17-,22-,29-/m0/s1. The van der Waals surface area contributed by atoms with Gasteiger partial charge in [0, 0.05) is 37.7 Å². The molecule has 0 heterocycles. The van der Waals surface area contributed by atoms with Gasteiger partial charge in [-0.05, 0) is 63.0 Å². The lowest BCUT2D eigenvalue weighted by molar-refractivity contribution is -0.153. The lowest BCUT2D eigenvalue weighted by Crippen LogP contribution is -2.65. The number of carbonyl (C=O) groups excluding carboxylic acids is 4. The number of Topliss-reactive ketones (excluding diaryl/α,β-unsaturated/α-hetero) is 3. The molecular weight excluding hydrogens is 532 g/mol. The number of fused-ring (bicyclic) bond motifs is 3. The van der Waals surface area contributed by atoms with E-state index in [-0.39, 0.29) is 54.9 Å². The number of carbonyl (C=O) groups is 4. The third-order valence-electron chi connectivity index (χ3n) is 8.50. The quantitative estimate of drug-likeness (QED) is 0.221. The zero-order valence-corrected chi connectivity index (χ0v) is 23.9. The van der Waals surface area contributed by atoms with Gasteiger partial charge >= 0.3 is 0 Å². The second-order valence-corrected chi connectivity index (χ2v) is 11.4. The van der Waals surface area contributed by atoms with Crippen molar-refractivity contribution in [2.45, 2.75) is 44.2 Å². The third-order valence-corrected chi connectivity index (χ3v) is 8.50. The van der Waals surface area contributed by atoms with Crippen molar-refractivity contribution in [2.75, 3.05) is 46.2 Å². The number of primary amides is 1. The summed E-state index contributed by atoms with van der Waals surface area (Å²) >= 11 is 0. The van der Waals surface area contributed by atoms with E-state index in [4.69, 9.17) is 5.73 Å². The molecule has 222 valence electrons. The molecule has 3 aliphatic rings. The highest BCUT2D eigenvalue weighted by atomic mass is 16.3. The molecule has 12 heteroatoms. The van der Waals surface area contributed by atoms with Crippen LogP contribution in [0.15, 0.2) is 23.0 Å². The molecule has 0 unspecified atom stereocenters. The Labute approximate surface area is 238 Å². The number of aromatic hydroxyl groups is 1. The third kappa shape index (κ3) is 4.69. The van der Waals surface area contributed by atoms with Gasteiger partial charge in [0.05, 0.1) is 18.2 Å². The van der Waals surface area contributed by atoms with Gasteiger partial charge in [-0.25, -0.2) is 0 Å². The molecule has 1 fully saturated rings. The van der Waals surface area contributed by atoms with Crippen molar-refractivity contribution in [3.8, 4) is 5.75 Å². The van der Waals surface area contributed by atoms with E-state index in [9.17, 15) is 39.6 Å². The molecule has 0 aliphatic heterocycles. The minimum atomic E-state index is -2.69. The van der Waals surface area contributed by atoms with Crippen molar-refractivity contribution >= 4 is 34.7 Å². The highest BCUT2D eigenvalue weighted by molar-refractivity contribution is 6.24. The van der Waals surface area contributed by atoms with E-state index in [1.165, 1.54) is 4.90 Å². The number of hydrogen-bond acceptors (Lipinski definition) is 11. The SMILES string of the molecule is CCNCC(=O)CCc1cc(N(C)C)c2c(c1O)C(O)=C1C(=O)[C@]3(O)C(O)=C(C(N)=O)C(=O)[C@@H](N(C)C)[C@@H]3C[C@@H]1C2. The predicted octanol–water partition coefficient (Wildman–Crippen LogP) is 0.141. The Kier molecular flexibility index (Phi) is 8.05. The van der Waals surface area contributed by atoms with Crippen molar-refractivity contribution in [1.82, 2.24) is 10.2 Å². The Morgan fingerprint density at radius 1 is 1.15 bits per heavy atom. The summed E-state index contributed by atoms with van der Waals surface area (Å²) in [5.74, 6) is -6.95. The van der Waals surface area contributed by atoms with Gasteiger partial charge in [0.25, 0.3) is 5.91 Å². The number of ketones is 3. The maximum atomic E-state index is 14.0. The smallest absolute Gasteiger partial charge is 0.255 e. The fourth-order valence-corrected chi connectivity index (χ4v) is 6.56. The maximum Gasteiger partial charge on any atom is 0.255 e. The number of amides is 1. The van der Waals surface area contributed by atoms with E-state index in [1.807, 2.05) is 11.8 Å². The Hall–Kier alpha value is -3.74. The van der Waals surface area contributed by atoms with Gasteiger partial charge < -0.3 is 36.4 Å². The number of benzene rings is 1. The summed E-state index contributed by atoms with van der Waals surface area (Å²) in [5, 5.41) is 48.6. The van der Waals surface area contributed by atoms with Crippen molar-refractivity contribution in [1.29, 1.82) is 0 Å². The van der Waals surface area contributed by atoms with E-state index in [0.29, 0.717) is 23.4 Å². The number of nitrogens with two attached hydrogens (primary N) is 1. The average Bonchev–Trinajstić information content (AvgIpc) is 2.88. The number of hydrogen-bond donors (Lipinski definition) is 6. The van der Waals surface area contributed by atoms with Crippen LogP contribution >= 0.6 is 0 Å². The van der Waals surface area contributed by atoms with Crippen LogP contribution in [-0.2, 0) is 32.0 Å². The maximum absolute atomic E-state index is 14.0. The number of aliphatic hydroxyl groups excluding tert-OH is 2. The molecule has 4 atom stereocenters. The van der Waals surface area contributed by atoms with Crippen LogP contribution in [0.1, 0.15) is 36.5 Å². The number of aryl methyl sites for hydroxylation is 1. The second-order valence-electron chi connectivity index (χ2n) is 11.4. The number of aliphatic hydroxyl groups is 3. The van der Waals surface area contributed by atoms with Crippen molar-refractivity contribution in [3.05, 3.63) is 39.7 Å². The molecule has 0 spiro atoms. The van der Waals surface area contributed by atoms with Gasteiger partial charge in [-0.1, -0.05) is 6.92 Å². The van der Waals surface area contributed by atoms with Crippen LogP contribution in [0.2, 0.25) is 0 Å². The first-order valence-corrected chi connectivity index (χ1v) is 13.6. The molecule has 0 saturated heterocycles. The van der Waals surface area contributed by atoms with Gasteiger partial charge in [0.1, 0.15) is 28.6 Å². The zero-order chi connectivity index (χ0) is 30.5. The summed E-state index contributed by atoms with van der Waals surface area (Å²) in [6, 6.07) is 0.616. The molecular formula is C29H38N4O8. The number of likely N-dealkylation sites (N-methyl/N-ethyl adjacent to an activating group) is 2. The number of nitrogens with zero attached hydrogens (tertiary/aromatic N) is 2. The van der Waals surface area contributed by atoms with Crippen LogP contribution in [0, 0.1) is 11.8 Å². The first kappa shape index (κ1) is 30.2. The van der Waals surface area contributed by atoms with E-state index >= 15 is 0 Å². The van der Waals surface area contributed by atoms with Crippen LogP contribution < -0.4 is 16.0 Å². The van der Waals surface area contributed by atoms with E-state index in [2.05, 4.69) is 5.32 Å². The normalized spacial score (nSPS) is 25.7. The highest BCUT2D eigenvalue weighted by Crippen LogP contribution is 2.54. The molecule has 12 nitrogen and oxygen atoms in total. The zero-order valence-electron chi connectivity index (χ0n) is 23.9. The molecule has 0 aromatic heterocycles. The summed E-state index contributed by atoms with van der Waals surface area (Å²) in [5.41, 5.74) is 3.27. The molecule has 4 rings (SSSR count). The van der Waals surface area contributed by atoms with Crippen LogP contribution in [0.4, 0.5) is 5.69 Å². The van der Waals surface area contributed by atoms with E-state index in [0.717, 1.165) is 0 Å². The monoisotopic (exact) mass is 570 g/mol. The number of anilines is 1. The van der Waals surface area contributed by atoms with Crippen LogP contribution in [-0.4, -0.2) is 102 Å². The molecule has 41 heavy (non-hydrogen) atoms. The molecule has 7 N–H and O–H groups in total. The lowest BCUT2D eigenvalue weighted by Gasteiger charge is -2.50. The van der Waals surface area contributed by atoms with Gasteiger partial charge in [-0.15, -0.1) is 0 Å². The topological polar surface area (TPSA) is 194 Å². The minimum Gasteiger partial charge on any atom is -0.508 e.